The lowest BCUT2D eigenvalue weighted by Crippen LogP contribution is -2.16. The lowest BCUT2D eigenvalue weighted by molar-refractivity contribution is 0.236. The van der Waals surface area contributed by atoms with Gasteiger partial charge in [0, 0.05) is 0 Å². The van der Waals surface area contributed by atoms with Crippen LogP contribution in [0.1, 0.15) is 168 Å². The Bertz CT molecular complexity index is 381. The van der Waals surface area contributed by atoms with Crippen molar-refractivity contribution >= 4 is 11.8 Å². The molecule has 0 aliphatic heterocycles. The quantitative estimate of drug-likeness (QED) is 0.157. The van der Waals surface area contributed by atoms with Gasteiger partial charge in [0.1, 0.15) is 0 Å². The summed E-state index contributed by atoms with van der Waals surface area (Å²) in [5, 5.41) is 0. The van der Waals surface area contributed by atoms with Crippen molar-refractivity contribution in [3.05, 3.63) is 0 Å². The maximum Gasteiger partial charge on any atom is -0.00675 e. The summed E-state index contributed by atoms with van der Waals surface area (Å²) >= 11 is 2.23. The molecule has 2 fully saturated rings. The molecule has 2 aliphatic carbocycles. The van der Waals surface area contributed by atoms with E-state index in [9.17, 15) is 0 Å². The van der Waals surface area contributed by atoms with Gasteiger partial charge in [-0.2, -0.15) is 11.8 Å². The average molecular weight is 479 g/mol. The lowest BCUT2D eigenvalue weighted by atomic mass is 9.78. The number of unbranched alkanes of at least 4 members (excludes halogenated alkanes) is 12. The highest BCUT2D eigenvalue weighted by Gasteiger charge is 2.21. The fourth-order valence-electron chi connectivity index (χ4n) is 6.73. The molecule has 4 atom stereocenters. The van der Waals surface area contributed by atoms with Crippen molar-refractivity contribution in [2.24, 2.45) is 23.7 Å². The molecule has 1 heteroatoms. The predicted octanol–water partition coefficient (Wildman–Crippen LogP) is 11.6. The largest absolute Gasteiger partial charge is 0.162 e. The van der Waals surface area contributed by atoms with Crippen LogP contribution in [0.25, 0.3) is 0 Å². The Morgan fingerprint density at radius 3 is 1.15 bits per heavy atom. The molecule has 0 aromatic rings. The number of hydrogen-bond donors (Lipinski definition) is 0. The summed E-state index contributed by atoms with van der Waals surface area (Å²) in [6, 6.07) is 0. The Hall–Kier alpha value is 0.350. The second-order valence-electron chi connectivity index (χ2n) is 12.2. The normalized spacial score (nSPS) is 26.0. The first-order chi connectivity index (χ1) is 16.3. The van der Waals surface area contributed by atoms with Crippen LogP contribution >= 0.6 is 11.8 Å². The zero-order valence-electron chi connectivity index (χ0n) is 23.1. The van der Waals surface area contributed by atoms with E-state index in [1.165, 1.54) is 166 Å². The van der Waals surface area contributed by atoms with Crippen LogP contribution in [0.15, 0.2) is 0 Å². The first kappa shape index (κ1) is 29.6. The third-order valence-electron chi connectivity index (χ3n) is 9.31. The van der Waals surface area contributed by atoms with E-state index in [2.05, 4.69) is 25.6 Å². The van der Waals surface area contributed by atoms with E-state index in [4.69, 9.17) is 0 Å². The number of thioether (sulfide) groups is 1. The van der Waals surface area contributed by atoms with Gasteiger partial charge < -0.3 is 0 Å². The van der Waals surface area contributed by atoms with Crippen LogP contribution in [0, 0.1) is 23.7 Å². The van der Waals surface area contributed by atoms with Crippen molar-refractivity contribution in [2.75, 3.05) is 11.5 Å². The summed E-state index contributed by atoms with van der Waals surface area (Å²) in [5.74, 6) is 6.99. The highest BCUT2D eigenvalue weighted by Crippen LogP contribution is 2.34. The Kier molecular flexibility index (Phi) is 18.4. The Morgan fingerprint density at radius 1 is 0.424 bits per heavy atom. The summed E-state index contributed by atoms with van der Waals surface area (Å²) in [6.07, 6.45) is 35.9. The molecule has 2 aliphatic rings. The third-order valence-corrected chi connectivity index (χ3v) is 10.5. The van der Waals surface area contributed by atoms with Gasteiger partial charge in [-0.05, 0) is 48.0 Å². The van der Waals surface area contributed by atoms with Gasteiger partial charge in [0.2, 0.25) is 0 Å². The predicted molar refractivity (Wildman–Crippen MR) is 153 cm³/mol. The molecule has 0 radical (unpaired) electrons. The molecule has 33 heavy (non-hydrogen) atoms. The minimum absolute atomic E-state index is 1.01. The van der Waals surface area contributed by atoms with Crippen molar-refractivity contribution in [3.63, 3.8) is 0 Å². The molecule has 4 unspecified atom stereocenters. The standard InChI is InChI=1S/C32H62S/c1-29-21-15-17-25-31(29)23-13-9-5-3-7-11-19-27-33-28-20-12-8-4-6-10-14-24-32-26-18-16-22-30(32)2/h29-32H,3-28H2,1-2H3. The number of hydrogen-bond acceptors (Lipinski definition) is 1. The van der Waals surface area contributed by atoms with Gasteiger partial charge in [-0.25, -0.2) is 0 Å². The molecule has 0 nitrogen and oxygen atoms in total. The van der Waals surface area contributed by atoms with Crippen molar-refractivity contribution in [2.45, 2.75) is 168 Å². The van der Waals surface area contributed by atoms with Crippen LogP contribution < -0.4 is 0 Å². The molecule has 2 saturated carbocycles. The second kappa shape index (κ2) is 20.5. The lowest BCUT2D eigenvalue weighted by Gasteiger charge is -2.28. The van der Waals surface area contributed by atoms with Gasteiger partial charge in [-0.3, -0.25) is 0 Å². The van der Waals surface area contributed by atoms with Crippen molar-refractivity contribution in [3.8, 4) is 0 Å². The first-order valence-corrected chi connectivity index (χ1v) is 17.0. The van der Waals surface area contributed by atoms with Gasteiger partial charge in [-0.15, -0.1) is 0 Å². The van der Waals surface area contributed by atoms with Gasteiger partial charge in [0.15, 0.2) is 0 Å². The van der Waals surface area contributed by atoms with Gasteiger partial charge in [0.05, 0.1) is 0 Å². The topological polar surface area (TPSA) is 0 Å². The Balaban J connectivity index is 1.21. The summed E-state index contributed by atoms with van der Waals surface area (Å²) in [4.78, 5) is 0. The fourth-order valence-corrected chi connectivity index (χ4v) is 7.76. The second-order valence-corrected chi connectivity index (χ2v) is 13.4. The van der Waals surface area contributed by atoms with E-state index in [0.717, 1.165) is 23.7 Å². The molecule has 0 heterocycles. The van der Waals surface area contributed by atoms with Gasteiger partial charge in [-0.1, -0.05) is 155 Å². The van der Waals surface area contributed by atoms with Crippen LogP contribution in [0.3, 0.4) is 0 Å². The van der Waals surface area contributed by atoms with Crippen LogP contribution in [-0.4, -0.2) is 11.5 Å². The summed E-state index contributed by atoms with van der Waals surface area (Å²) in [7, 11) is 0. The molecule has 0 spiro atoms. The van der Waals surface area contributed by atoms with Crippen molar-refractivity contribution in [1.82, 2.24) is 0 Å². The van der Waals surface area contributed by atoms with E-state index < -0.39 is 0 Å². The zero-order chi connectivity index (χ0) is 23.4. The van der Waals surface area contributed by atoms with Crippen LogP contribution in [0.5, 0.6) is 0 Å². The summed E-state index contributed by atoms with van der Waals surface area (Å²) in [5.41, 5.74) is 0. The highest BCUT2D eigenvalue weighted by molar-refractivity contribution is 7.99. The SMILES string of the molecule is CC1CCCCC1CCCCCCCCCSCCCCCCCCCC1CCCCC1C. The van der Waals surface area contributed by atoms with E-state index in [1.54, 1.807) is 0 Å². The molecule has 2 rings (SSSR count). The molecule has 0 aromatic carbocycles. The zero-order valence-corrected chi connectivity index (χ0v) is 23.9. The van der Waals surface area contributed by atoms with Crippen LogP contribution in [-0.2, 0) is 0 Å². The molecular formula is C32H62S. The highest BCUT2D eigenvalue weighted by atomic mass is 32.2. The third kappa shape index (κ3) is 15.1. The Labute approximate surface area is 214 Å². The van der Waals surface area contributed by atoms with E-state index in [1.807, 2.05) is 0 Å². The molecule has 0 N–H and O–H groups in total. The summed E-state index contributed by atoms with van der Waals surface area (Å²) in [6.45, 7) is 5.00. The van der Waals surface area contributed by atoms with E-state index in [-0.39, 0.29) is 0 Å². The van der Waals surface area contributed by atoms with E-state index >= 15 is 0 Å². The van der Waals surface area contributed by atoms with Gasteiger partial charge >= 0.3 is 0 Å². The van der Waals surface area contributed by atoms with Gasteiger partial charge in [0.25, 0.3) is 0 Å². The maximum absolute atomic E-state index is 2.50. The first-order valence-electron chi connectivity index (χ1n) is 15.8. The fraction of sp³-hybridized carbons (Fsp3) is 1.00. The molecule has 0 aromatic heterocycles. The van der Waals surface area contributed by atoms with Crippen molar-refractivity contribution in [1.29, 1.82) is 0 Å². The molecule has 0 bridgehead atoms. The Morgan fingerprint density at radius 2 is 0.758 bits per heavy atom. The monoisotopic (exact) mass is 478 g/mol. The van der Waals surface area contributed by atoms with Crippen LogP contribution in [0.4, 0.5) is 0 Å². The molecular weight excluding hydrogens is 416 g/mol. The van der Waals surface area contributed by atoms with Crippen molar-refractivity contribution < 1.29 is 0 Å². The van der Waals surface area contributed by atoms with Crippen LogP contribution in [0.2, 0.25) is 0 Å². The average Bonchev–Trinajstić information content (AvgIpc) is 2.82. The molecule has 196 valence electrons. The molecule has 0 saturated heterocycles. The molecule has 0 amide bonds. The minimum Gasteiger partial charge on any atom is -0.162 e. The van der Waals surface area contributed by atoms with E-state index in [0.29, 0.717) is 0 Å². The minimum atomic E-state index is 1.01. The summed E-state index contributed by atoms with van der Waals surface area (Å²) < 4.78 is 0. The maximum atomic E-state index is 2.50. The smallest absolute Gasteiger partial charge is 0.00675 e. The number of rotatable bonds is 20.